The topological polar surface area (TPSA) is 62.2 Å². The molecule has 0 saturated carbocycles. The highest BCUT2D eigenvalue weighted by Gasteiger charge is 2.49. The molecule has 4 rings (SSSR count). The Morgan fingerprint density at radius 2 is 2.00 bits per heavy atom. The molecule has 3 fully saturated rings. The molecule has 0 spiro atoms. The first-order valence-corrected chi connectivity index (χ1v) is 9.24. The van der Waals surface area contributed by atoms with Crippen LogP contribution in [0, 0.1) is 0 Å². The van der Waals surface area contributed by atoms with Crippen LogP contribution in [0.25, 0.3) is 0 Å². The molecule has 1 N–H and O–H groups in total. The third-order valence-electron chi connectivity index (χ3n) is 5.32. The van der Waals surface area contributed by atoms with Crippen LogP contribution < -0.4 is 0 Å². The summed E-state index contributed by atoms with van der Waals surface area (Å²) in [5, 5.41) is 11.0. The van der Waals surface area contributed by atoms with Gasteiger partial charge in [-0.3, -0.25) is 4.90 Å². The number of benzene rings is 1. The average Bonchev–Trinajstić information content (AvgIpc) is 3.14. The highest BCUT2D eigenvalue weighted by Crippen LogP contribution is 2.45. The lowest BCUT2D eigenvalue weighted by atomic mass is 9.93. The number of halogens is 2. The number of carbonyl (C=O) groups excluding carboxylic acids is 1. The number of phenols is 1. The van der Waals surface area contributed by atoms with Crippen LogP contribution in [0.5, 0.6) is 5.75 Å². The number of nitrogens with zero attached hydrogens (tertiary/aromatic N) is 2. The highest BCUT2D eigenvalue weighted by molar-refractivity contribution is 6.42. The minimum absolute atomic E-state index is 0.00482. The number of ether oxygens (including phenoxy) is 2. The van der Waals surface area contributed by atoms with Crippen LogP contribution >= 0.6 is 23.2 Å². The van der Waals surface area contributed by atoms with Gasteiger partial charge >= 0.3 is 6.09 Å². The summed E-state index contributed by atoms with van der Waals surface area (Å²) in [6.07, 6.45) is 0.244. The van der Waals surface area contributed by atoms with E-state index in [-0.39, 0.29) is 29.9 Å². The fraction of sp³-hybridized carbons (Fsp3) is 0.588. The molecule has 8 heteroatoms. The van der Waals surface area contributed by atoms with Crippen molar-refractivity contribution in [1.82, 2.24) is 9.80 Å². The van der Waals surface area contributed by atoms with Crippen molar-refractivity contribution in [2.24, 2.45) is 0 Å². The van der Waals surface area contributed by atoms with Gasteiger partial charge in [-0.2, -0.15) is 0 Å². The Morgan fingerprint density at radius 1 is 1.24 bits per heavy atom. The molecule has 0 aromatic heterocycles. The van der Waals surface area contributed by atoms with Crippen LogP contribution in [0.4, 0.5) is 4.79 Å². The number of hydrogen-bond acceptors (Lipinski definition) is 5. The van der Waals surface area contributed by atoms with Gasteiger partial charge in [0.1, 0.15) is 11.9 Å². The molecule has 0 radical (unpaired) electrons. The van der Waals surface area contributed by atoms with Gasteiger partial charge in [-0.05, 0) is 18.6 Å². The lowest BCUT2D eigenvalue weighted by molar-refractivity contribution is 0.0142. The van der Waals surface area contributed by atoms with E-state index in [9.17, 15) is 9.90 Å². The van der Waals surface area contributed by atoms with Crippen LogP contribution in [0.1, 0.15) is 17.9 Å². The molecule has 0 bridgehead atoms. The van der Waals surface area contributed by atoms with E-state index in [1.807, 2.05) is 0 Å². The van der Waals surface area contributed by atoms with E-state index in [1.54, 1.807) is 17.0 Å². The van der Waals surface area contributed by atoms with E-state index >= 15 is 0 Å². The molecule has 1 aromatic carbocycles. The molecule has 3 aliphatic heterocycles. The summed E-state index contributed by atoms with van der Waals surface area (Å²) in [7, 11) is 0. The Hall–Kier alpha value is -1.21. The van der Waals surface area contributed by atoms with Gasteiger partial charge in [0.2, 0.25) is 0 Å². The smallest absolute Gasteiger partial charge is 0.410 e. The minimum atomic E-state index is -0.289. The molecule has 6 nitrogen and oxygen atoms in total. The number of phenolic OH excluding ortho intramolecular Hbond substituents is 1. The van der Waals surface area contributed by atoms with E-state index < -0.39 is 0 Å². The Labute approximate surface area is 156 Å². The number of amides is 1. The molecule has 1 aromatic rings. The van der Waals surface area contributed by atoms with Crippen molar-refractivity contribution in [1.29, 1.82) is 0 Å². The fourth-order valence-electron chi connectivity index (χ4n) is 4.06. The van der Waals surface area contributed by atoms with E-state index in [1.165, 1.54) is 0 Å². The zero-order valence-electron chi connectivity index (χ0n) is 13.7. The SMILES string of the molecule is O=C1O[C@@H](CN2CCOCC2)[C@@H]2C[C@H](c3c(O)ccc(Cl)c3Cl)CN12. The molecule has 0 aliphatic carbocycles. The van der Waals surface area contributed by atoms with Crippen molar-refractivity contribution < 1.29 is 19.4 Å². The molecule has 3 heterocycles. The number of morpholine rings is 1. The van der Waals surface area contributed by atoms with Crippen molar-refractivity contribution in [2.75, 3.05) is 39.4 Å². The standard InChI is InChI=1S/C17H20Cl2N2O4/c18-11-1-2-13(22)15(16(11)19)10-7-12-14(25-17(23)21(12)8-10)9-20-3-5-24-6-4-20/h1-2,10,12,14,22H,3-9H2/t10-,12-,14-/m0/s1. The number of aromatic hydroxyl groups is 1. The molecule has 25 heavy (non-hydrogen) atoms. The van der Waals surface area contributed by atoms with Crippen molar-refractivity contribution in [3.05, 3.63) is 27.7 Å². The Bertz CT molecular complexity index is 681. The van der Waals surface area contributed by atoms with Gasteiger partial charge in [0.05, 0.1) is 29.3 Å². The Kier molecular flexibility index (Phi) is 4.71. The van der Waals surface area contributed by atoms with E-state index in [0.717, 1.165) is 13.1 Å². The highest BCUT2D eigenvalue weighted by atomic mass is 35.5. The Morgan fingerprint density at radius 3 is 2.76 bits per heavy atom. The summed E-state index contributed by atoms with van der Waals surface area (Å²) in [5.41, 5.74) is 0.626. The average molecular weight is 387 g/mol. The lowest BCUT2D eigenvalue weighted by Gasteiger charge is -2.29. The third-order valence-corrected chi connectivity index (χ3v) is 6.14. The van der Waals surface area contributed by atoms with Gasteiger partial charge in [0.15, 0.2) is 0 Å². The number of rotatable bonds is 3. The molecule has 3 saturated heterocycles. The summed E-state index contributed by atoms with van der Waals surface area (Å²) in [6.45, 7) is 4.32. The van der Waals surface area contributed by atoms with Crippen molar-refractivity contribution in [3.8, 4) is 5.75 Å². The molecule has 136 valence electrons. The second kappa shape index (κ2) is 6.83. The van der Waals surface area contributed by atoms with Gasteiger partial charge in [-0.1, -0.05) is 23.2 Å². The van der Waals surface area contributed by atoms with E-state index in [0.29, 0.717) is 48.3 Å². The summed E-state index contributed by atoms with van der Waals surface area (Å²) in [6, 6.07) is 3.12. The predicted molar refractivity (Wildman–Crippen MR) is 93.5 cm³/mol. The molecule has 1 amide bonds. The summed E-state index contributed by atoms with van der Waals surface area (Å²) in [4.78, 5) is 16.3. The minimum Gasteiger partial charge on any atom is -0.508 e. The Balaban J connectivity index is 1.52. The number of fused-ring (bicyclic) bond motifs is 1. The molecule has 3 aliphatic rings. The number of cyclic esters (lactones) is 1. The van der Waals surface area contributed by atoms with Crippen LogP contribution in [0.3, 0.4) is 0 Å². The second-order valence-corrected chi connectivity index (χ2v) is 7.57. The van der Waals surface area contributed by atoms with Crippen molar-refractivity contribution in [2.45, 2.75) is 24.5 Å². The van der Waals surface area contributed by atoms with Crippen LogP contribution in [0.15, 0.2) is 12.1 Å². The third kappa shape index (κ3) is 3.16. The normalized spacial score (nSPS) is 29.8. The van der Waals surface area contributed by atoms with Crippen LogP contribution in [-0.2, 0) is 9.47 Å². The zero-order valence-corrected chi connectivity index (χ0v) is 15.2. The maximum atomic E-state index is 12.3. The van der Waals surface area contributed by atoms with Crippen molar-refractivity contribution >= 4 is 29.3 Å². The number of carbonyl (C=O) groups is 1. The lowest BCUT2D eigenvalue weighted by Crippen LogP contribution is -2.44. The number of hydrogen-bond donors (Lipinski definition) is 1. The monoisotopic (exact) mass is 386 g/mol. The first-order chi connectivity index (χ1) is 12.0. The summed E-state index contributed by atoms with van der Waals surface area (Å²) in [5.74, 6) is 0.0786. The quantitative estimate of drug-likeness (QED) is 0.864. The van der Waals surface area contributed by atoms with Gasteiger partial charge in [-0.25, -0.2) is 4.79 Å². The van der Waals surface area contributed by atoms with E-state index in [2.05, 4.69) is 4.90 Å². The van der Waals surface area contributed by atoms with Gasteiger partial charge in [0, 0.05) is 37.7 Å². The molecule has 0 unspecified atom stereocenters. The maximum Gasteiger partial charge on any atom is 0.410 e. The first kappa shape index (κ1) is 17.2. The molecule has 3 atom stereocenters. The fourth-order valence-corrected chi connectivity index (χ4v) is 4.53. The largest absolute Gasteiger partial charge is 0.508 e. The second-order valence-electron chi connectivity index (χ2n) is 6.78. The molecular weight excluding hydrogens is 367 g/mol. The maximum absolute atomic E-state index is 12.3. The van der Waals surface area contributed by atoms with Crippen LogP contribution in [0.2, 0.25) is 10.0 Å². The van der Waals surface area contributed by atoms with Crippen molar-refractivity contribution in [3.63, 3.8) is 0 Å². The molecular formula is C17H20Cl2N2O4. The first-order valence-electron chi connectivity index (χ1n) is 8.49. The van der Waals surface area contributed by atoms with Crippen LogP contribution in [-0.4, -0.2) is 72.5 Å². The predicted octanol–water partition coefficient (Wildman–Crippen LogP) is 2.71. The van der Waals surface area contributed by atoms with Gasteiger partial charge in [0.25, 0.3) is 0 Å². The zero-order chi connectivity index (χ0) is 17.6. The summed E-state index contributed by atoms with van der Waals surface area (Å²) < 4.78 is 11.0. The van der Waals surface area contributed by atoms with E-state index in [4.69, 9.17) is 32.7 Å². The van der Waals surface area contributed by atoms with Gasteiger partial charge in [-0.15, -0.1) is 0 Å². The summed E-state index contributed by atoms with van der Waals surface area (Å²) >= 11 is 12.4. The van der Waals surface area contributed by atoms with Gasteiger partial charge < -0.3 is 19.5 Å².